The Bertz CT molecular complexity index is 317. The second-order valence-electron chi connectivity index (χ2n) is 2.05. The van der Waals surface area contributed by atoms with Gasteiger partial charge in [-0.1, -0.05) is 0 Å². The zero-order chi connectivity index (χ0) is 20.0. The molecule has 0 aliphatic rings. The van der Waals surface area contributed by atoms with Crippen molar-refractivity contribution in [3.8, 4) is 0 Å². The Morgan fingerprint density at radius 2 is 0.265 bits per heavy atom. The molecule has 33 heteroatoms. The average Bonchev–Trinajstić information content (AvgIpc) is 1.92. The first-order chi connectivity index (χ1) is 9.00. The van der Waals surface area contributed by atoms with Crippen LogP contribution in [0.5, 0.6) is 0 Å². The van der Waals surface area contributed by atoms with Crippen LogP contribution in [0.2, 0.25) is 0 Å². The Labute approximate surface area is 195 Å². The maximum absolute atomic E-state index is 8.88. The Hall–Kier alpha value is -0.0800. The molecule has 0 rings (SSSR count). The molecule has 0 aliphatic carbocycles. The molecule has 238 valence electrons. The van der Waals surface area contributed by atoms with E-state index in [2.05, 4.69) is 0 Å². The zero-order valence-electron chi connectivity index (χ0n) is 18.7. The van der Waals surface area contributed by atoms with Gasteiger partial charge in [0.15, 0.2) is 0 Å². The standard InChI is InChI=1S/CH4O.12H3N.4H3O4P/c1-2;;;;;;;;;;;;;4*1-5(2,3)4/h2H,1H3;12*1H3;4*(H3,1,2,3,4). The second-order valence-corrected chi connectivity index (χ2v) is 6.16. The molecule has 34 heavy (non-hydrogen) atoms. The molecule has 0 amide bonds. The monoisotopic (exact) mass is 628 g/mol. The Morgan fingerprint density at radius 3 is 0.265 bits per heavy atom. The lowest BCUT2D eigenvalue weighted by atomic mass is 11.8. The molecule has 49 N–H and O–H groups in total. The summed E-state index contributed by atoms with van der Waals surface area (Å²) in [6.45, 7) is 0. The molecule has 0 unspecified atom stereocenters. The molecule has 0 aromatic rings. The lowest BCUT2D eigenvalue weighted by molar-refractivity contribution is 0.272. The van der Waals surface area contributed by atoms with Gasteiger partial charge < -0.3 is 138 Å². The number of hydrogen-bond acceptors (Lipinski definition) is 17. The van der Waals surface area contributed by atoms with Gasteiger partial charge in [-0.3, -0.25) is 0 Å². The van der Waals surface area contributed by atoms with E-state index in [0.29, 0.717) is 0 Å². The summed E-state index contributed by atoms with van der Waals surface area (Å²) in [6.07, 6.45) is 0. The van der Waals surface area contributed by atoms with Crippen molar-refractivity contribution >= 4 is 31.3 Å². The summed E-state index contributed by atoms with van der Waals surface area (Å²) in [5.74, 6) is 0. The van der Waals surface area contributed by atoms with E-state index in [4.69, 9.17) is 82.1 Å². The molecule has 0 aliphatic heterocycles. The summed E-state index contributed by atoms with van der Waals surface area (Å²) in [4.78, 5) is 86.2. The largest absolute Gasteiger partial charge is 0.466 e. The second kappa shape index (κ2) is 58.6. The first-order valence-electron chi connectivity index (χ1n) is 3.58. The fourth-order valence-electron chi connectivity index (χ4n) is 0. The molecule has 0 aromatic heterocycles. The van der Waals surface area contributed by atoms with Crippen molar-refractivity contribution in [2.24, 2.45) is 0 Å². The van der Waals surface area contributed by atoms with Crippen molar-refractivity contribution in [1.82, 2.24) is 73.8 Å². The summed E-state index contributed by atoms with van der Waals surface area (Å²) < 4.78 is 35.5. The summed E-state index contributed by atoms with van der Waals surface area (Å²) in [5, 5.41) is 7.00. The van der Waals surface area contributed by atoms with Crippen LogP contribution in [0.25, 0.3) is 0 Å². The van der Waals surface area contributed by atoms with Crippen molar-refractivity contribution in [2.45, 2.75) is 0 Å². The van der Waals surface area contributed by atoms with Crippen LogP contribution in [-0.4, -0.2) is 70.9 Å². The first-order valence-corrected chi connectivity index (χ1v) is 9.84. The van der Waals surface area contributed by atoms with E-state index in [1.165, 1.54) is 0 Å². The van der Waals surface area contributed by atoms with E-state index >= 15 is 0 Å². The molecule has 0 spiro atoms. The number of phosphoric acid groups is 4. The molecule has 0 bridgehead atoms. The van der Waals surface area contributed by atoms with Crippen LogP contribution in [-0.2, 0) is 18.3 Å². The van der Waals surface area contributed by atoms with Crippen LogP contribution in [0.15, 0.2) is 0 Å². The van der Waals surface area contributed by atoms with Gasteiger partial charge in [0.2, 0.25) is 0 Å². The van der Waals surface area contributed by atoms with Crippen LogP contribution in [0, 0.1) is 0 Å². The van der Waals surface area contributed by atoms with Crippen LogP contribution >= 0.6 is 31.3 Å². The number of aliphatic hydroxyl groups excluding tert-OH is 1. The van der Waals surface area contributed by atoms with Crippen molar-refractivity contribution < 1.29 is 82.1 Å². The lowest BCUT2D eigenvalue weighted by Gasteiger charge is -1.82. The van der Waals surface area contributed by atoms with E-state index in [-0.39, 0.29) is 73.8 Å². The van der Waals surface area contributed by atoms with E-state index in [1.54, 1.807) is 0 Å². The van der Waals surface area contributed by atoms with Gasteiger partial charge in [-0.25, -0.2) is 18.3 Å². The summed E-state index contributed by atoms with van der Waals surface area (Å²) in [6, 6.07) is 0. The van der Waals surface area contributed by atoms with E-state index in [1.807, 2.05) is 0 Å². The molecular formula is CH52N12O17P4. The zero-order valence-corrected chi connectivity index (χ0v) is 22.3. The summed E-state index contributed by atoms with van der Waals surface area (Å²) in [5.41, 5.74) is 0. The highest BCUT2D eigenvalue weighted by Crippen LogP contribution is 2.27. The molecule has 0 atom stereocenters. The number of aliphatic hydroxyl groups is 1. The minimum absolute atomic E-state index is 0. The summed E-state index contributed by atoms with van der Waals surface area (Å²) >= 11 is 0. The Kier molecular flexibility index (Phi) is 221. The van der Waals surface area contributed by atoms with Crippen LogP contribution < -0.4 is 73.8 Å². The molecular weight excluding hydrogens is 576 g/mol. The minimum Gasteiger partial charge on any atom is -0.400 e. The predicted molar refractivity (Wildman–Crippen MR) is 125 cm³/mol. The quantitative estimate of drug-likeness (QED) is 0.127. The SMILES string of the molecule is CO.N.N.N.N.N.N.N.N.N.N.N.N.O=P(O)(O)O.O=P(O)(O)O.O=P(O)(O)O.O=P(O)(O)O. The highest BCUT2D eigenvalue weighted by molar-refractivity contribution is 7.45. The van der Waals surface area contributed by atoms with Crippen LogP contribution in [0.4, 0.5) is 0 Å². The van der Waals surface area contributed by atoms with Crippen LogP contribution in [0.3, 0.4) is 0 Å². The molecule has 0 fully saturated rings. The molecule has 0 heterocycles. The van der Waals surface area contributed by atoms with E-state index < -0.39 is 31.3 Å². The summed E-state index contributed by atoms with van der Waals surface area (Å²) in [7, 11) is -17.6. The maximum Gasteiger partial charge on any atom is 0.466 e. The number of rotatable bonds is 0. The highest BCUT2D eigenvalue weighted by Gasteiger charge is 2.01. The third-order valence-corrected chi connectivity index (χ3v) is 0. The van der Waals surface area contributed by atoms with Gasteiger partial charge in [0.05, 0.1) is 0 Å². The van der Waals surface area contributed by atoms with Gasteiger partial charge in [0.1, 0.15) is 0 Å². The molecule has 0 radical (unpaired) electrons. The molecule has 0 saturated carbocycles. The third kappa shape index (κ3) is 4770000. The minimum atomic E-state index is -4.64. The predicted octanol–water partition coefficient (Wildman–Crippen LogP) is -2.16. The smallest absolute Gasteiger partial charge is 0.400 e. The van der Waals surface area contributed by atoms with Crippen LogP contribution in [0.1, 0.15) is 0 Å². The van der Waals surface area contributed by atoms with Gasteiger partial charge in [-0.15, -0.1) is 0 Å². The molecule has 0 saturated heterocycles. The van der Waals surface area contributed by atoms with Crippen molar-refractivity contribution in [1.29, 1.82) is 0 Å². The van der Waals surface area contributed by atoms with Crippen molar-refractivity contribution in [3.05, 3.63) is 0 Å². The van der Waals surface area contributed by atoms with Gasteiger partial charge in [0, 0.05) is 7.11 Å². The van der Waals surface area contributed by atoms with Crippen molar-refractivity contribution in [2.75, 3.05) is 7.11 Å². The molecule has 0 aromatic carbocycles. The maximum atomic E-state index is 8.88. The molecule has 29 nitrogen and oxygen atoms in total. The van der Waals surface area contributed by atoms with Gasteiger partial charge in [-0.2, -0.15) is 0 Å². The van der Waals surface area contributed by atoms with Gasteiger partial charge in [-0.05, 0) is 0 Å². The lowest BCUT2D eigenvalue weighted by Crippen LogP contribution is -1.66. The fourth-order valence-corrected chi connectivity index (χ4v) is 0. The fraction of sp³-hybridized carbons (Fsp3) is 1.00. The number of hydrogen-bond donors (Lipinski definition) is 25. The normalized spacial score (nSPS) is 7.12. The van der Waals surface area contributed by atoms with E-state index in [9.17, 15) is 0 Å². The average molecular weight is 628 g/mol. The van der Waals surface area contributed by atoms with Gasteiger partial charge >= 0.3 is 31.3 Å². The topological polar surface area (TPSA) is 751 Å². The van der Waals surface area contributed by atoms with Crippen molar-refractivity contribution in [3.63, 3.8) is 0 Å². The van der Waals surface area contributed by atoms with Gasteiger partial charge in [0.25, 0.3) is 0 Å². The first kappa shape index (κ1) is 128. The Balaban J connectivity index is -0.00000000661. The highest BCUT2D eigenvalue weighted by atomic mass is 31.2. The van der Waals surface area contributed by atoms with E-state index in [0.717, 1.165) is 7.11 Å². The Morgan fingerprint density at radius 1 is 0.265 bits per heavy atom. The third-order valence-electron chi connectivity index (χ3n) is 0.